The molecule has 5 nitrogen and oxygen atoms in total. The summed E-state index contributed by atoms with van der Waals surface area (Å²) in [4.78, 5) is 11.4. The number of rotatable bonds is 3. The van der Waals surface area contributed by atoms with Crippen LogP contribution >= 0.6 is 15.9 Å². The van der Waals surface area contributed by atoms with E-state index < -0.39 is 0 Å². The molecule has 4 rings (SSSR count). The van der Waals surface area contributed by atoms with Crippen molar-refractivity contribution in [3.05, 3.63) is 34.0 Å². The molecule has 0 aromatic carbocycles. The van der Waals surface area contributed by atoms with Gasteiger partial charge in [0.15, 0.2) is 5.82 Å². The van der Waals surface area contributed by atoms with Crippen LogP contribution in [-0.2, 0) is 0 Å². The van der Waals surface area contributed by atoms with E-state index in [2.05, 4.69) is 48.9 Å². The van der Waals surface area contributed by atoms with E-state index in [1.54, 1.807) is 0 Å². The summed E-state index contributed by atoms with van der Waals surface area (Å²) in [6.45, 7) is 3.99. The average molecular weight is 349 g/mol. The second-order valence-electron chi connectivity index (χ2n) is 5.99. The van der Waals surface area contributed by atoms with Crippen LogP contribution in [-0.4, -0.2) is 28.2 Å². The van der Waals surface area contributed by atoms with E-state index in [0.29, 0.717) is 11.8 Å². The molecule has 0 spiro atoms. The number of hydrogen-bond donors (Lipinski definition) is 0. The van der Waals surface area contributed by atoms with Gasteiger partial charge in [0.2, 0.25) is 5.89 Å². The Balaban J connectivity index is 1.50. The van der Waals surface area contributed by atoms with Crippen LogP contribution in [0.2, 0.25) is 0 Å². The van der Waals surface area contributed by atoms with E-state index in [1.165, 1.54) is 18.4 Å². The molecule has 6 heteroatoms. The number of aryl methyl sites for hydroxylation is 1. The van der Waals surface area contributed by atoms with Crippen LogP contribution in [0.1, 0.15) is 48.4 Å². The monoisotopic (exact) mass is 348 g/mol. The summed E-state index contributed by atoms with van der Waals surface area (Å²) in [6.07, 6.45) is 5.31. The normalized spacial score (nSPS) is 22.0. The fraction of sp³-hybridized carbons (Fsp3) is 0.533. The highest BCUT2D eigenvalue weighted by Gasteiger charge is 2.33. The van der Waals surface area contributed by atoms with Crippen LogP contribution < -0.4 is 4.90 Å². The molecule has 21 heavy (non-hydrogen) atoms. The predicted octanol–water partition coefficient (Wildman–Crippen LogP) is 3.41. The molecule has 110 valence electrons. The third kappa shape index (κ3) is 2.57. The SMILES string of the molecule is Cc1cc(Br)cnc1N1CCC(c2nc(C3CC3)no2)C1. The number of aromatic nitrogens is 3. The van der Waals surface area contributed by atoms with Gasteiger partial charge < -0.3 is 9.42 Å². The molecule has 0 amide bonds. The summed E-state index contributed by atoms with van der Waals surface area (Å²) in [5, 5.41) is 4.12. The molecule has 2 fully saturated rings. The maximum atomic E-state index is 5.47. The number of nitrogens with zero attached hydrogens (tertiary/aromatic N) is 4. The molecule has 0 N–H and O–H groups in total. The summed E-state index contributed by atoms with van der Waals surface area (Å²) in [5.74, 6) is 3.64. The zero-order chi connectivity index (χ0) is 14.4. The summed E-state index contributed by atoms with van der Waals surface area (Å²) in [6, 6.07) is 2.10. The molecule has 1 atom stereocenters. The number of anilines is 1. The van der Waals surface area contributed by atoms with Gasteiger partial charge in [0.1, 0.15) is 5.82 Å². The Bertz CT molecular complexity index is 667. The average Bonchev–Trinajstić information content (AvgIpc) is 3.01. The van der Waals surface area contributed by atoms with Crippen molar-refractivity contribution in [2.75, 3.05) is 18.0 Å². The van der Waals surface area contributed by atoms with Crippen molar-refractivity contribution in [3.63, 3.8) is 0 Å². The van der Waals surface area contributed by atoms with Crippen molar-refractivity contribution in [2.45, 2.75) is 38.0 Å². The lowest BCUT2D eigenvalue weighted by molar-refractivity contribution is 0.355. The second-order valence-corrected chi connectivity index (χ2v) is 6.91. The highest BCUT2D eigenvalue weighted by Crippen LogP contribution is 2.39. The largest absolute Gasteiger partial charge is 0.356 e. The third-order valence-corrected chi connectivity index (χ3v) is 4.69. The Labute approximate surface area is 131 Å². The molecule has 1 unspecified atom stereocenters. The van der Waals surface area contributed by atoms with Gasteiger partial charge in [-0.1, -0.05) is 5.16 Å². The molecule has 2 aromatic rings. The fourth-order valence-electron chi connectivity index (χ4n) is 2.94. The summed E-state index contributed by atoms with van der Waals surface area (Å²) in [7, 11) is 0. The quantitative estimate of drug-likeness (QED) is 0.850. The molecule has 1 aliphatic carbocycles. The highest BCUT2D eigenvalue weighted by molar-refractivity contribution is 9.10. The van der Waals surface area contributed by atoms with Gasteiger partial charge in [0, 0.05) is 29.7 Å². The first kappa shape index (κ1) is 13.2. The first-order chi connectivity index (χ1) is 10.2. The van der Waals surface area contributed by atoms with E-state index in [0.717, 1.165) is 41.5 Å². The summed E-state index contributed by atoms with van der Waals surface area (Å²) in [5.41, 5.74) is 1.19. The molecule has 2 aliphatic rings. The Kier molecular flexibility index (Phi) is 3.21. The lowest BCUT2D eigenvalue weighted by atomic mass is 10.1. The predicted molar refractivity (Wildman–Crippen MR) is 82.5 cm³/mol. The van der Waals surface area contributed by atoms with E-state index in [-0.39, 0.29) is 0 Å². The van der Waals surface area contributed by atoms with E-state index in [1.807, 2.05) is 6.20 Å². The maximum absolute atomic E-state index is 5.47. The van der Waals surface area contributed by atoms with Gasteiger partial charge in [-0.2, -0.15) is 4.98 Å². The molecule has 0 radical (unpaired) electrons. The first-order valence-corrected chi connectivity index (χ1v) is 8.20. The van der Waals surface area contributed by atoms with Crippen LogP contribution in [0, 0.1) is 6.92 Å². The minimum Gasteiger partial charge on any atom is -0.356 e. The van der Waals surface area contributed by atoms with Crippen LogP contribution in [0.3, 0.4) is 0 Å². The van der Waals surface area contributed by atoms with Crippen molar-refractivity contribution in [2.24, 2.45) is 0 Å². The number of pyridine rings is 1. The maximum Gasteiger partial charge on any atom is 0.231 e. The van der Waals surface area contributed by atoms with Crippen LogP contribution in [0.25, 0.3) is 0 Å². The van der Waals surface area contributed by atoms with Gasteiger partial charge in [-0.05, 0) is 53.7 Å². The lowest BCUT2D eigenvalue weighted by Gasteiger charge is -2.19. The van der Waals surface area contributed by atoms with Crippen molar-refractivity contribution >= 4 is 21.7 Å². The van der Waals surface area contributed by atoms with Crippen LogP contribution in [0.4, 0.5) is 5.82 Å². The van der Waals surface area contributed by atoms with Crippen molar-refractivity contribution in [1.29, 1.82) is 0 Å². The zero-order valence-electron chi connectivity index (χ0n) is 11.9. The van der Waals surface area contributed by atoms with Crippen LogP contribution in [0.15, 0.2) is 21.3 Å². The van der Waals surface area contributed by atoms with Crippen molar-refractivity contribution in [3.8, 4) is 0 Å². The fourth-order valence-corrected chi connectivity index (χ4v) is 3.38. The van der Waals surface area contributed by atoms with Gasteiger partial charge in [0.25, 0.3) is 0 Å². The first-order valence-electron chi connectivity index (χ1n) is 7.41. The van der Waals surface area contributed by atoms with Crippen molar-refractivity contribution in [1.82, 2.24) is 15.1 Å². The van der Waals surface area contributed by atoms with E-state index >= 15 is 0 Å². The molecule has 2 aromatic heterocycles. The number of hydrogen-bond acceptors (Lipinski definition) is 5. The summed E-state index contributed by atoms with van der Waals surface area (Å²) >= 11 is 3.46. The summed E-state index contributed by atoms with van der Waals surface area (Å²) < 4.78 is 6.49. The highest BCUT2D eigenvalue weighted by atomic mass is 79.9. The minimum absolute atomic E-state index is 0.329. The smallest absolute Gasteiger partial charge is 0.231 e. The Morgan fingerprint density at radius 2 is 2.14 bits per heavy atom. The third-order valence-electron chi connectivity index (χ3n) is 4.25. The van der Waals surface area contributed by atoms with E-state index in [4.69, 9.17) is 4.52 Å². The van der Waals surface area contributed by atoms with Crippen molar-refractivity contribution < 1.29 is 4.52 Å². The molecule has 3 heterocycles. The molecule has 0 bridgehead atoms. The molecule has 1 saturated carbocycles. The zero-order valence-corrected chi connectivity index (χ0v) is 13.5. The van der Waals surface area contributed by atoms with Gasteiger partial charge in [-0.25, -0.2) is 4.98 Å². The van der Waals surface area contributed by atoms with Crippen LogP contribution in [0.5, 0.6) is 0 Å². The van der Waals surface area contributed by atoms with Gasteiger partial charge >= 0.3 is 0 Å². The lowest BCUT2D eigenvalue weighted by Crippen LogP contribution is -2.21. The molecular formula is C15H17BrN4O. The Morgan fingerprint density at radius 1 is 1.29 bits per heavy atom. The van der Waals surface area contributed by atoms with Gasteiger partial charge in [-0.15, -0.1) is 0 Å². The topological polar surface area (TPSA) is 55.1 Å². The van der Waals surface area contributed by atoms with Gasteiger partial charge in [-0.3, -0.25) is 0 Å². The minimum atomic E-state index is 0.329. The molecular weight excluding hydrogens is 332 g/mol. The number of halogens is 1. The molecule has 1 saturated heterocycles. The Hall–Kier alpha value is -1.43. The molecule has 1 aliphatic heterocycles. The van der Waals surface area contributed by atoms with E-state index in [9.17, 15) is 0 Å². The standard InChI is InChI=1S/C15H17BrN4O/c1-9-6-12(16)7-17-14(9)20-5-4-11(8-20)15-18-13(19-21-15)10-2-3-10/h6-7,10-11H,2-5,8H2,1H3. The van der Waals surface area contributed by atoms with Gasteiger partial charge in [0.05, 0.1) is 5.92 Å². The Morgan fingerprint density at radius 3 is 2.90 bits per heavy atom. The second kappa shape index (κ2) is 5.09.